The molecule has 1 aromatic rings. The predicted molar refractivity (Wildman–Crippen MR) is 94.3 cm³/mol. The molecule has 25 heavy (non-hydrogen) atoms. The molecule has 6 nitrogen and oxygen atoms in total. The molecule has 1 fully saturated rings. The van der Waals surface area contributed by atoms with Gasteiger partial charge in [0.2, 0.25) is 5.91 Å². The fraction of sp³-hybridized carbons (Fsp3) is 0.526. The SMILES string of the molecule is CCOC(=O)CCC(=O)N1CCN(C(=O)c2ccc(C)c(C)c2)CC1. The first kappa shape index (κ1) is 19.0. The summed E-state index contributed by atoms with van der Waals surface area (Å²) < 4.78 is 4.83. The third-order valence-electron chi connectivity index (χ3n) is 4.52. The number of carbonyl (C=O) groups is 3. The first-order valence-electron chi connectivity index (χ1n) is 8.72. The van der Waals surface area contributed by atoms with Crippen LogP contribution in [0.3, 0.4) is 0 Å². The zero-order valence-corrected chi connectivity index (χ0v) is 15.2. The minimum absolute atomic E-state index is 0.00159. The number of nitrogens with zero attached hydrogens (tertiary/aromatic N) is 2. The molecule has 0 spiro atoms. The van der Waals surface area contributed by atoms with Gasteiger partial charge in [0.15, 0.2) is 0 Å². The van der Waals surface area contributed by atoms with Crippen LogP contribution < -0.4 is 0 Å². The van der Waals surface area contributed by atoms with Gasteiger partial charge in [-0.05, 0) is 44.0 Å². The zero-order valence-electron chi connectivity index (χ0n) is 15.2. The van der Waals surface area contributed by atoms with E-state index in [0.29, 0.717) is 38.3 Å². The lowest BCUT2D eigenvalue weighted by atomic mass is 10.1. The topological polar surface area (TPSA) is 66.9 Å². The summed E-state index contributed by atoms with van der Waals surface area (Å²) in [6.45, 7) is 8.10. The largest absolute Gasteiger partial charge is 0.466 e. The molecule has 0 atom stereocenters. The second kappa shape index (κ2) is 8.65. The highest BCUT2D eigenvalue weighted by Crippen LogP contribution is 2.14. The molecule has 1 aliphatic heterocycles. The van der Waals surface area contributed by atoms with E-state index in [4.69, 9.17) is 4.74 Å². The first-order valence-corrected chi connectivity index (χ1v) is 8.72. The molecule has 0 aromatic heterocycles. The minimum Gasteiger partial charge on any atom is -0.466 e. The molecule has 1 aliphatic rings. The lowest BCUT2D eigenvalue weighted by Crippen LogP contribution is -2.50. The van der Waals surface area contributed by atoms with E-state index in [1.54, 1.807) is 16.7 Å². The summed E-state index contributed by atoms with van der Waals surface area (Å²) in [4.78, 5) is 39.6. The Morgan fingerprint density at radius 3 is 2.20 bits per heavy atom. The first-order chi connectivity index (χ1) is 11.9. The van der Waals surface area contributed by atoms with Crippen LogP contribution in [0.25, 0.3) is 0 Å². The van der Waals surface area contributed by atoms with Gasteiger partial charge in [-0.1, -0.05) is 6.07 Å². The van der Waals surface area contributed by atoms with Gasteiger partial charge < -0.3 is 14.5 Å². The lowest BCUT2D eigenvalue weighted by Gasteiger charge is -2.35. The van der Waals surface area contributed by atoms with Crippen LogP contribution in [0.15, 0.2) is 18.2 Å². The molecule has 2 amide bonds. The van der Waals surface area contributed by atoms with Gasteiger partial charge in [0, 0.05) is 38.2 Å². The summed E-state index contributed by atoms with van der Waals surface area (Å²) in [5, 5.41) is 0. The van der Waals surface area contributed by atoms with Crippen molar-refractivity contribution in [3.63, 3.8) is 0 Å². The Kier molecular flexibility index (Phi) is 6.56. The molecule has 0 unspecified atom stereocenters. The summed E-state index contributed by atoms with van der Waals surface area (Å²) in [5.74, 6) is -0.410. The molecule has 1 heterocycles. The van der Waals surface area contributed by atoms with Gasteiger partial charge in [-0.3, -0.25) is 14.4 Å². The zero-order chi connectivity index (χ0) is 18.4. The van der Waals surface area contributed by atoms with E-state index in [2.05, 4.69) is 0 Å². The van der Waals surface area contributed by atoms with Gasteiger partial charge in [0.05, 0.1) is 13.0 Å². The van der Waals surface area contributed by atoms with Crippen molar-refractivity contribution in [2.45, 2.75) is 33.6 Å². The maximum atomic E-state index is 12.6. The van der Waals surface area contributed by atoms with Gasteiger partial charge in [-0.2, -0.15) is 0 Å². The molecular formula is C19H26N2O4. The van der Waals surface area contributed by atoms with Crippen molar-refractivity contribution in [3.05, 3.63) is 34.9 Å². The minimum atomic E-state index is -0.348. The Bertz CT molecular complexity index is 649. The molecule has 1 aromatic carbocycles. The van der Waals surface area contributed by atoms with Gasteiger partial charge in [-0.15, -0.1) is 0 Å². The van der Waals surface area contributed by atoms with Crippen LogP contribution in [0.5, 0.6) is 0 Å². The van der Waals surface area contributed by atoms with E-state index < -0.39 is 0 Å². The molecule has 0 N–H and O–H groups in total. The molecule has 2 rings (SSSR count). The summed E-state index contributed by atoms with van der Waals surface area (Å²) in [7, 11) is 0. The van der Waals surface area contributed by atoms with Crippen LogP contribution in [0, 0.1) is 13.8 Å². The predicted octanol–water partition coefficient (Wildman–Crippen LogP) is 1.93. The third kappa shape index (κ3) is 5.05. The summed E-state index contributed by atoms with van der Waals surface area (Å²) in [6, 6.07) is 5.72. The van der Waals surface area contributed by atoms with Crippen molar-refractivity contribution in [1.82, 2.24) is 9.80 Å². The van der Waals surface area contributed by atoms with Crippen LogP contribution in [0.4, 0.5) is 0 Å². The van der Waals surface area contributed by atoms with Crippen LogP contribution in [0.1, 0.15) is 41.3 Å². The summed E-state index contributed by atoms with van der Waals surface area (Å²) in [6.07, 6.45) is 0.262. The monoisotopic (exact) mass is 346 g/mol. The average Bonchev–Trinajstić information content (AvgIpc) is 2.62. The molecule has 0 bridgehead atoms. The fourth-order valence-corrected chi connectivity index (χ4v) is 2.82. The summed E-state index contributed by atoms with van der Waals surface area (Å²) >= 11 is 0. The Hall–Kier alpha value is -2.37. The number of ether oxygens (including phenoxy) is 1. The van der Waals surface area contributed by atoms with Crippen LogP contribution in [0.2, 0.25) is 0 Å². The average molecular weight is 346 g/mol. The molecule has 1 saturated heterocycles. The molecule has 0 aliphatic carbocycles. The molecule has 6 heteroatoms. The van der Waals surface area contributed by atoms with Crippen LogP contribution >= 0.6 is 0 Å². The lowest BCUT2D eigenvalue weighted by molar-refractivity contribution is -0.146. The van der Waals surface area contributed by atoms with Gasteiger partial charge >= 0.3 is 5.97 Å². The smallest absolute Gasteiger partial charge is 0.306 e. The highest BCUT2D eigenvalue weighted by molar-refractivity contribution is 5.94. The van der Waals surface area contributed by atoms with E-state index in [0.717, 1.165) is 11.1 Å². The number of aryl methyl sites for hydroxylation is 2. The van der Waals surface area contributed by atoms with Crippen molar-refractivity contribution in [2.75, 3.05) is 32.8 Å². The molecule has 136 valence electrons. The molecule has 0 radical (unpaired) electrons. The molecule has 0 saturated carbocycles. The van der Waals surface area contributed by atoms with E-state index in [1.807, 2.05) is 32.0 Å². The number of esters is 1. The van der Waals surface area contributed by atoms with Crippen LogP contribution in [-0.4, -0.2) is 60.4 Å². The number of piperazine rings is 1. The molecular weight excluding hydrogens is 320 g/mol. The maximum Gasteiger partial charge on any atom is 0.306 e. The summed E-state index contributed by atoms with van der Waals surface area (Å²) in [5.41, 5.74) is 2.94. The Labute approximate surface area is 148 Å². The van der Waals surface area contributed by atoms with Crippen molar-refractivity contribution in [1.29, 1.82) is 0 Å². The van der Waals surface area contributed by atoms with Crippen molar-refractivity contribution in [3.8, 4) is 0 Å². The van der Waals surface area contributed by atoms with E-state index in [9.17, 15) is 14.4 Å². The van der Waals surface area contributed by atoms with Crippen molar-refractivity contribution >= 4 is 17.8 Å². The number of benzene rings is 1. The quantitative estimate of drug-likeness (QED) is 0.764. The second-order valence-corrected chi connectivity index (χ2v) is 6.28. The van der Waals surface area contributed by atoms with Crippen molar-refractivity contribution in [2.24, 2.45) is 0 Å². The second-order valence-electron chi connectivity index (χ2n) is 6.28. The van der Waals surface area contributed by atoms with E-state index >= 15 is 0 Å². The highest BCUT2D eigenvalue weighted by Gasteiger charge is 2.25. The highest BCUT2D eigenvalue weighted by atomic mass is 16.5. The number of amides is 2. The van der Waals surface area contributed by atoms with Gasteiger partial charge in [-0.25, -0.2) is 0 Å². The normalized spacial score (nSPS) is 14.4. The third-order valence-corrected chi connectivity index (χ3v) is 4.52. The number of carbonyl (C=O) groups excluding carboxylic acids is 3. The van der Waals surface area contributed by atoms with Crippen molar-refractivity contribution < 1.29 is 19.1 Å². The van der Waals surface area contributed by atoms with E-state index in [-0.39, 0.29) is 30.6 Å². The number of hydrogen-bond donors (Lipinski definition) is 0. The maximum absolute atomic E-state index is 12.6. The van der Waals surface area contributed by atoms with Crippen LogP contribution in [-0.2, 0) is 14.3 Å². The van der Waals surface area contributed by atoms with E-state index in [1.165, 1.54) is 0 Å². The standard InChI is InChI=1S/C19H26N2O4/c1-4-25-18(23)8-7-17(22)20-9-11-21(12-10-20)19(24)16-6-5-14(2)15(3)13-16/h5-6,13H,4,7-12H2,1-3H3. The Balaban J connectivity index is 1.84. The number of rotatable bonds is 5. The fourth-order valence-electron chi connectivity index (χ4n) is 2.82. The number of hydrogen-bond acceptors (Lipinski definition) is 4. The Morgan fingerprint density at radius 1 is 0.960 bits per heavy atom. The van der Waals surface area contributed by atoms with Gasteiger partial charge in [0.1, 0.15) is 0 Å². The van der Waals surface area contributed by atoms with Gasteiger partial charge in [0.25, 0.3) is 5.91 Å². The Morgan fingerprint density at radius 2 is 1.60 bits per heavy atom.